The monoisotopic (exact) mass is 323 g/mol. The molecule has 1 aromatic heterocycles. The van der Waals surface area contributed by atoms with E-state index in [-0.39, 0.29) is 5.82 Å². The quantitative estimate of drug-likeness (QED) is 0.847. The van der Waals surface area contributed by atoms with Crippen molar-refractivity contribution < 1.29 is 4.39 Å². The zero-order valence-electron chi connectivity index (χ0n) is 10.7. The van der Waals surface area contributed by atoms with E-state index in [0.717, 1.165) is 34.7 Å². The molecule has 3 nitrogen and oxygen atoms in total. The average Bonchev–Trinajstić information content (AvgIpc) is 2.38. The Balaban J connectivity index is 2.04. The molecule has 2 aromatic rings. The Kier molecular flexibility index (Phi) is 4.85. The molecule has 0 saturated carbocycles. The molecule has 0 aliphatic carbocycles. The number of aromatic nitrogens is 2. The number of nitrogens with zero attached hydrogens (tertiary/aromatic N) is 2. The first-order valence-corrected chi connectivity index (χ1v) is 6.98. The van der Waals surface area contributed by atoms with E-state index < -0.39 is 0 Å². The number of benzene rings is 1. The van der Waals surface area contributed by atoms with Gasteiger partial charge in [-0.2, -0.15) is 0 Å². The molecule has 0 radical (unpaired) electrons. The molecule has 0 saturated heterocycles. The van der Waals surface area contributed by atoms with Crippen molar-refractivity contribution in [2.75, 3.05) is 5.32 Å². The molecule has 1 N–H and O–H groups in total. The number of hydrogen-bond acceptors (Lipinski definition) is 3. The number of nitrogens with one attached hydrogen (secondary N) is 1. The van der Waals surface area contributed by atoms with Crippen LogP contribution in [0.3, 0.4) is 0 Å². The average molecular weight is 324 g/mol. The van der Waals surface area contributed by atoms with Crippen molar-refractivity contribution >= 4 is 21.7 Å². The lowest BCUT2D eigenvalue weighted by Crippen LogP contribution is -2.04. The van der Waals surface area contributed by atoms with Crippen LogP contribution in [0.1, 0.15) is 24.7 Å². The summed E-state index contributed by atoms with van der Waals surface area (Å²) in [7, 11) is 0. The van der Waals surface area contributed by atoms with Crippen molar-refractivity contribution in [2.24, 2.45) is 0 Å². The van der Waals surface area contributed by atoms with Gasteiger partial charge in [0.15, 0.2) is 0 Å². The van der Waals surface area contributed by atoms with Gasteiger partial charge in [0, 0.05) is 19.0 Å². The van der Waals surface area contributed by atoms with E-state index >= 15 is 0 Å². The molecule has 0 aliphatic rings. The van der Waals surface area contributed by atoms with Gasteiger partial charge < -0.3 is 5.32 Å². The summed E-state index contributed by atoms with van der Waals surface area (Å²) in [6.07, 6.45) is 1.86. The minimum absolute atomic E-state index is 0.223. The van der Waals surface area contributed by atoms with Crippen molar-refractivity contribution in [2.45, 2.75) is 26.3 Å². The lowest BCUT2D eigenvalue weighted by molar-refractivity contribution is 0.627. The molecule has 0 bridgehead atoms. The molecule has 0 aliphatic heterocycles. The van der Waals surface area contributed by atoms with E-state index in [1.807, 2.05) is 6.07 Å². The third kappa shape index (κ3) is 4.28. The number of hydrogen-bond donors (Lipinski definition) is 1. The molecule has 1 heterocycles. The first kappa shape index (κ1) is 13.9. The summed E-state index contributed by atoms with van der Waals surface area (Å²) >= 11 is 3.38. The van der Waals surface area contributed by atoms with Gasteiger partial charge in [-0.3, -0.25) is 0 Å². The fourth-order valence-corrected chi connectivity index (χ4v) is 2.11. The standard InChI is InChI=1S/C14H15BrFN3/c1-2-3-13-18-12(15)8-14(19-13)17-9-10-4-6-11(16)7-5-10/h4-8H,2-3,9H2,1H3,(H,17,18,19). The van der Waals surface area contributed by atoms with Crippen LogP contribution in [-0.4, -0.2) is 9.97 Å². The van der Waals surface area contributed by atoms with Gasteiger partial charge in [-0.15, -0.1) is 0 Å². The van der Waals surface area contributed by atoms with Gasteiger partial charge >= 0.3 is 0 Å². The second-order valence-electron chi connectivity index (χ2n) is 4.22. The van der Waals surface area contributed by atoms with Gasteiger partial charge in [-0.05, 0) is 40.0 Å². The molecule has 100 valence electrons. The first-order chi connectivity index (χ1) is 9.17. The lowest BCUT2D eigenvalue weighted by atomic mass is 10.2. The number of rotatable bonds is 5. The summed E-state index contributed by atoms with van der Waals surface area (Å²) in [6, 6.07) is 8.25. The van der Waals surface area contributed by atoms with Crippen LogP contribution in [0.5, 0.6) is 0 Å². The second-order valence-corrected chi connectivity index (χ2v) is 5.03. The predicted molar refractivity (Wildman–Crippen MR) is 77.5 cm³/mol. The van der Waals surface area contributed by atoms with E-state index in [1.165, 1.54) is 12.1 Å². The highest BCUT2D eigenvalue weighted by molar-refractivity contribution is 9.10. The van der Waals surface area contributed by atoms with Crippen molar-refractivity contribution in [3.63, 3.8) is 0 Å². The predicted octanol–water partition coefficient (Wildman–Crippen LogP) is 3.94. The Morgan fingerprint density at radius 2 is 1.95 bits per heavy atom. The Morgan fingerprint density at radius 3 is 2.63 bits per heavy atom. The molecule has 0 fully saturated rings. The second kappa shape index (κ2) is 6.61. The molecule has 2 rings (SSSR count). The molecule has 0 amide bonds. The maximum atomic E-state index is 12.8. The third-order valence-electron chi connectivity index (χ3n) is 2.60. The largest absolute Gasteiger partial charge is 0.366 e. The van der Waals surface area contributed by atoms with E-state index in [1.54, 1.807) is 12.1 Å². The topological polar surface area (TPSA) is 37.8 Å². The molecule has 0 atom stereocenters. The Labute approximate surface area is 120 Å². The van der Waals surface area contributed by atoms with Crippen LogP contribution in [0.2, 0.25) is 0 Å². The van der Waals surface area contributed by atoms with Crippen LogP contribution >= 0.6 is 15.9 Å². The fraction of sp³-hybridized carbons (Fsp3) is 0.286. The summed E-state index contributed by atoms with van der Waals surface area (Å²) in [6.45, 7) is 2.70. The van der Waals surface area contributed by atoms with E-state index in [0.29, 0.717) is 6.54 Å². The van der Waals surface area contributed by atoms with Gasteiger partial charge in [0.05, 0.1) is 0 Å². The van der Waals surface area contributed by atoms with Gasteiger partial charge in [0.2, 0.25) is 0 Å². The molecular weight excluding hydrogens is 309 g/mol. The maximum absolute atomic E-state index is 12.8. The summed E-state index contributed by atoms with van der Waals surface area (Å²) in [5.41, 5.74) is 1.01. The van der Waals surface area contributed by atoms with Crippen LogP contribution in [0, 0.1) is 5.82 Å². The molecule has 1 aromatic carbocycles. The van der Waals surface area contributed by atoms with Gasteiger partial charge in [0.1, 0.15) is 22.1 Å². The van der Waals surface area contributed by atoms with Crippen LogP contribution in [0.15, 0.2) is 34.9 Å². The van der Waals surface area contributed by atoms with Crippen molar-refractivity contribution in [3.8, 4) is 0 Å². The van der Waals surface area contributed by atoms with Crippen molar-refractivity contribution in [1.82, 2.24) is 9.97 Å². The van der Waals surface area contributed by atoms with Crippen LogP contribution in [0.4, 0.5) is 10.2 Å². The zero-order chi connectivity index (χ0) is 13.7. The number of halogens is 2. The zero-order valence-corrected chi connectivity index (χ0v) is 12.2. The van der Waals surface area contributed by atoms with Gasteiger partial charge in [-0.1, -0.05) is 19.1 Å². The number of anilines is 1. The van der Waals surface area contributed by atoms with Crippen LogP contribution < -0.4 is 5.32 Å². The highest BCUT2D eigenvalue weighted by Crippen LogP contribution is 2.14. The van der Waals surface area contributed by atoms with Crippen molar-refractivity contribution in [3.05, 3.63) is 52.1 Å². The normalized spacial score (nSPS) is 10.5. The first-order valence-electron chi connectivity index (χ1n) is 6.19. The summed E-state index contributed by atoms with van der Waals surface area (Å²) in [4.78, 5) is 8.74. The molecule has 19 heavy (non-hydrogen) atoms. The fourth-order valence-electron chi connectivity index (χ4n) is 1.69. The summed E-state index contributed by atoms with van der Waals surface area (Å²) in [5.74, 6) is 1.37. The van der Waals surface area contributed by atoms with Crippen molar-refractivity contribution in [1.29, 1.82) is 0 Å². The number of aryl methyl sites for hydroxylation is 1. The summed E-state index contributed by atoms with van der Waals surface area (Å²) in [5, 5.41) is 3.22. The van der Waals surface area contributed by atoms with Crippen LogP contribution in [0.25, 0.3) is 0 Å². The third-order valence-corrected chi connectivity index (χ3v) is 3.01. The maximum Gasteiger partial charge on any atom is 0.132 e. The highest BCUT2D eigenvalue weighted by atomic mass is 79.9. The lowest BCUT2D eigenvalue weighted by Gasteiger charge is -2.08. The van der Waals surface area contributed by atoms with E-state index in [2.05, 4.69) is 38.1 Å². The minimum Gasteiger partial charge on any atom is -0.366 e. The molecule has 0 unspecified atom stereocenters. The Bertz CT molecular complexity index is 543. The van der Waals surface area contributed by atoms with Gasteiger partial charge in [0.25, 0.3) is 0 Å². The SMILES string of the molecule is CCCc1nc(Br)cc(NCc2ccc(F)cc2)n1. The van der Waals surface area contributed by atoms with Crippen LogP contribution in [-0.2, 0) is 13.0 Å². The van der Waals surface area contributed by atoms with E-state index in [4.69, 9.17) is 0 Å². The Hall–Kier alpha value is -1.49. The molecular formula is C14H15BrFN3. The smallest absolute Gasteiger partial charge is 0.132 e. The van der Waals surface area contributed by atoms with E-state index in [9.17, 15) is 4.39 Å². The summed E-state index contributed by atoms with van der Waals surface area (Å²) < 4.78 is 13.6. The molecule has 0 spiro atoms. The molecule has 5 heteroatoms. The highest BCUT2D eigenvalue weighted by Gasteiger charge is 2.02. The minimum atomic E-state index is -0.223. The Morgan fingerprint density at radius 1 is 1.21 bits per heavy atom. The van der Waals surface area contributed by atoms with Gasteiger partial charge in [-0.25, -0.2) is 14.4 Å².